The molecular weight excluding hydrogens is 418 g/mol. The molecule has 1 fully saturated rings. The van der Waals surface area contributed by atoms with Gasteiger partial charge in [0.25, 0.3) is 15.9 Å². The maximum absolute atomic E-state index is 12.8. The van der Waals surface area contributed by atoms with Gasteiger partial charge < -0.3 is 15.8 Å². The molecule has 0 unspecified atom stereocenters. The summed E-state index contributed by atoms with van der Waals surface area (Å²) in [7, 11) is -2.65. The first-order valence-corrected chi connectivity index (χ1v) is 12.1. The number of carbonyl (C=O) groups is 2. The maximum atomic E-state index is 12.8. The number of esters is 1. The van der Waals surface area contributed by atoms with Crippen molar-refractivity contribution in [2.24, 2.45) is 11.7 Å². The Hall–Kier alpha value is -2.39. The number of nitrogens with one attached hydrogen (secondary N) is 2. The lowest BCUT2D eigenvalue weighted by Crippen LogP contribution is -2.46. The Kier molecular flexibility index (Phi) is 9.06. The third kappa shape index (κ3) is 7.07. The van der Waals surface area contributed by atoms with Crippen molar-refractivity contribution in [3.8, 4) is 0 Å². The number of amides is 1. The molecule has 1 aromatic carbocycles. The zero-order valence-electron chi connectivity index (χ0n) is 18.1. The molecule has 0 heterocycles. The highest BCUT2D eigenvalue weighted by Crippen LogP contribution is 2.42. The molecule has 8 nitrogen and oxygen atoms in total. The zero-order chi connectivity index (χ0) is 22.9. The molecule has 2 atom stereocenters. The van der Waals surface area contributed by atoms with Crippen molar-refractivity contribution >= 4 is 27.6 Å². The predicted molar refractivity (Wildman–Crippen MR) is 120 cm³/mol. The topological polar surface area (TPSA) is 128 Å². The van der Waals surface area contributed by atoms with Crippen molar-refractivity contribution in [2.75, 3.05) is 19.0 Å². The van der Waals surface area contributed by atoms with Gasteiger partial charge in [0.1, 0.15) is 10.4 Å². The molecule has 1 aliphatic rings. The summed E-state index contributed by atoms with van der Waals surface area (Å²) >= 11 is 0. The molecule has 0 radical (unpaired) electrons. The van der Waals surface area contributed by atoms with E-state index in [4.69, 9.17) is 5.73 Å². The lowest BCUT2D eigenvalue weighted by molar-refractivity contribution is -0.140. The molecule has 1 aromatic rings. The van der Waals surface area contributed by atoms with Crippen LogP contribution in [0.15, 0.2) is 41.8 Å². The molecule has 2 rings (SSSR count). The van der Waals surface area contributed by atoms with E-state index in [1.165, 1.54) is 13.2 Å². The first-order chi connectivity index (χ1) is 14.7. The minimum Gasteiger partial charge on any atom is -0.469 e. The molecule has 0 spiro atoms. The number of benzene rings is 1. The molecule has 0 bridgehead atoms. The van der Waals surface area contributed by atoms with Crippen LogP contribution in [-0.4, -0.2) is 39.5 Å². The van der Waals surface area contributed by atoms with Gasteiger partial charge in [0.15, 0.2) is 0 Å². The van der Waals surface area contributed by atoms with Gasteiger partial charge >= 0.3 is 5.97 Å². The van der Waals surface area contributed by atoms with Crippen molar-refractivity contribution in [3.63, 3.8) is 0 Å². The summed E-state index contributed by atoms with van der Waals surface area (Å²) < 4.78 is 32.2. The highest BCUT2D eigenvalue weighted by molar-refractivity contribution is 7.90. The van der Waals surface area contributed by atoms with Crippen LogP contribution in [0, 0.1) is 5.92 Å². The molecule has 0 saturated heterocycles. The van der Waals surface area contributed by atoms with Gasteiger partial charge in [0.05, 0.1) is 12.8 Å². The Morgan fingerprint density at radius 1 is 1.19 bits per heavy atom. The van der Waals surface area contributed by atoms with Crippen molar-refractivity contribution in [2.45, 2.75) is 61.8 Å². The standard InChI is InChI=1S/C22H33N3O5S/c1-3-17-16-22(17,23)21(27)25-31(28,29)19-13-10-9-12-18(19)24-15-11-7-5-4-6-8-14-20(26)30-2/h3,9-10,12-13,17,24H,1,4-8,11,14-16,23H2,2H3,(H,25,27)/t17-,22+/m1/s1. The number of hydrogen-bond donors (Lipinski definition) is 3. The largest absolute Gasteiger partial charge is 0.469 e. The minimum atomic E-state index is -4.05. The average Bonchev–Trinajstić information content (AvgIpc) is 3.44. The monoisotopic (exact) mass is 451 g/mol. The van der Waals surface area contributed by atoms with Crippen LogP contribution < -0.4 is 15.8 Å². The summed E-state index contributed by atoms with van der Waals surface area (Å²) in [4.78, 5) is 23.4. The van der Waals surface area contributed by atoms with Crippen molar-refractivity contribution in [1.29, 1.82) is 0 Å². The second kappa shape index (κ2) is 11.3. The van der Waals surface area contributed by atoms with Crippen LogP contribution in [0.4, 0.5) is 5.69 Å². The van der Waals surface area contributed by atoms with Gasteiger partial charge in [0.2, 0.25) is 0 Å². The summed E-state index contributed by atoms with van der Waals surface area (Å²) in [5, 5.41) is 3.15. The Balaban J connectivity index is 1.78. The molecular formula is C22H33N3O5S. The predicted octanol–water partition coefficient (Wildman–Crippen LogP) is 2.71. The average molecular weight is 452 g/mol. The fourth-order valence-corrected chi connectivity index (χ4v) is 4.64. The summed E-state index contributed by atoms with van der Waals surface area (Å²) in [6, 6.07) is 6.48. The van der Waals surface area contributed by atoms with E-state index in [0.717, 1.165) is 38.5 Å². The molecule has 4 N–H and O–H groups in total. The number of para-hydroxylation sites is 1. The molecule has 0 aliphatic heterocycles. The van der Waals surface area contributed by atoms with Gasteiger partial charge in [-0.15, -0.1) is 6.58 Å². The van der Waals surface area contributed by atoms with Gasteiger partial charge in [-0.2, -0.15) is 0 Å². The van der Waals surface area contributed by atoms with Crippen molar-refractivity contribution < 1.29 is 22.7 Å². The molecule has 1 amide bonds. The summed E-state index contributed by atoms with van der Waals surface area (Å²) in [5.41, 5.74) is 5.21. The van der Waals surface area contributed by atoms with E-state index >= 15 is 0 Å². The van der Waals surface area contributed by atoms with Crippen molar-refractivity contribution in [3.05, 3.63) is 36.9 Å². The van der Waals surface area contributed by atoms with Crippen LogP contribution in [0.3, 0.4) is 0 Å². The van der Waals surface area contributed by atoms with E-state index in [-0.39, 0.29) is 16.8 Å². The van der Waals surface area contributed by atoms with Crippen LogP contribution in [0.5, 0.6) is 0 Å². The van der Waals surface area contributed by atoms with E-state index in [9.17, 15) is 18.0 Å². The highest BCUT2D eigenvalue weighted by Gasteiger charge is 2.56. The fraction of sp³-hybridized carbons (Fsp3) is 0.545. The first kappa shape index (κ1) is 24.9. The summed E-state index contributed by atoms with van der Waals surface area (Å²) in [5.74, 6) is -1.09. The van der Waals surface area contributed by atoms with E-state index in [1.54, 1.807) is 24.3 Å². The molecule has 1 saturated carbocycles. The number of nitrogens with two attached hydrogens (primary N) is 1. The number of ether oxygens (including phenoxy) is 1. The van der Waals surface area contributed by atoms with E-state index in [0.29, 0.717) is 25.1 Å². The Labute approximate surface area is 184 Å². The van der Waals surface area contributed by atoms with Gasteiger partial charge in [-0.1, -0.05) is 43.9 Å². The second-order valence-electron chi connectivity index (χ2n) is 7.89. The van der Waals surface area contributed by atoms with Crippen LogP contribution in [0.25, 0.3) is 0 Å². The van der Waals surface area contributed by atoms with Gasteiger partial charge in [-0.05, 0) is 31.4 Å². The highest BCUT2D eigenvalue weighted by atomic mass is 32.2. The number of hydrogen-bond acceptors (Lipinski definition) is 7. The van der Waals surface area contributed by atoms with Crippen LogP contribution in [0.2, 0.25) is 0 Å². The van der Waals surface area contributed by atoms with Gasteiger partial charge in [-0.25, -0.2) is 13.1 Å². The lowest BCUT2D eigenvalue weighted by Gasteiger charge is -2.15. The minimum absolute atomic E-state index is 0.0190. The fourth-order valence-electron chi connectivity index (χ4n) is 3.41. The summed E-state index contributed by atoms with van der Waals surface area (Å²) in [6.45, 7) is 4.22. The SMILES string of the molecule is C=C[C@@H]1C[C@@]1(N)C(=O)NS(=O)(=O)c1ccccc1NCCCCCCCCC(=O)OC. The van der Waals surface area contributed by atoms with E-state index < -0.39 is 21.5 Å². The Morgan fingerprint density at radius 2 is 1.84 bits per heavy atom. The number of methoxy groups -OCH3 is 1. The molecule has 1 aliphatic carbocycles. The lowest BCUT2D eigenvalue weighted by atomic mass is 10.1. The quantitative estimate of drug-likeness (QED) is 0.225. The molecule has 0 aromatic heterocycles. The van der Waals surface area contributed by atoms with Crippen molar-refractivity contribution in [1.82, 2.24) is 4.72 Å². The number of carbonyl (C=O) groups excluding carboxylic acids is 2. The molecule has 172 valence electrons. The Bertz CT molecular complexity index is 887. The number of unbranched alkanes of at least 4 members (excludes halogenated alkanes) is 5. The van der Waals surface area contributed by atoms with Gasteiger partial charge in [-0.3, -0.25) is 9.59 Å². The zero-order valence-corrected chi connectivity index (χ0v) is 18.9. The van der Waals surface area contributed by atoms with E-state index in [1.807, 2.05) is 0 Å². The maximum Gasteiger partial charge on any atom is 0.305 e. The smallest absolute Gasteiger partial charge is 0.305 e. The van der Waals surface area contributed by atoms with Crippen LogP contribution in [-0.2, 0) is 24.3 Å². The van der Waals surface area contributed by atoms with E-state index in [2.05, 4.69) is 21.4 Å². The molecule has 9 heteroatoms. The summed E-state index contributed by atoms with van der Waals surface area (Å²) in [6.07, 6.45) is 8.20. The number of anilines is 1. The third-order valence-corrected chi connectivity index (χ3v) is 6.91. The van der Waals surface area contributed by atoms with Crippen LogP contribution in [0.1, 0.15) is 51.4 Å². The Morgan fingerprint density at radius 3 is 2.48 bits per heavy atom. The van der Waals surface area contributed by atoms with Gasteiger partial charge in [0, 0.05) is 18.9 Å². The second-order valence-corrected chi connectivity index (χ2v) is 9.54. The van der Waals surface area contributed by atoms with Crippen LogP contribution >= 0.6 is 0 Å². The number of sulfonamides is 1. The number of rotatable bonds is 14. The first-order valence-electron chi connectivity index (χ1n) is 10.6. The normalized spacial score (nSPS) is 20.0. The third-order valence-electron chi connectivity index (χ3n) is 5.52. The molecule has 31 heavy (non-hydrogen) atoms.